The summed E-state index contributed by atoms with van der Waals surface area (Å²) in [6.45, 7) is 4.91. The summed E-state index contributed by atoms with van der Waals surface area (Å²) >= 11 is 1.87. The summed E-state index contributed by atoms with van der Waals surface area (Å²) in [6, 6.07) is -0.405. The maximum absolute atomic E-state index is 13.1. The first kappa shape index (κ1) is 23.4. The topological polar surface area (TPSA) is 89.9 Å². The molecule has 1 saturated carbocycles. The largest absolute Gasteiger partial charge is 0.504 e. The van der Waals surface area contributed by atoms with Crippen LogP contribution in [0.2, 0.25) is 0 Å². The standard InChI is InChI=1S/C22H34N2O4S/c1-2-18(25)19(26)11-7-4-8-12-20(27)23-21(17-9-5-3-6-10-17)22(28)24-13-15-29-16-14-24/h2,7,11,17,21,25-26H,1,3-6,8-10,12-16H2,(H,23,27)/b11-7-,19-18-. The van der Waals surface area contributed by atoms with E-state index in [1.165, 1.54) is 12.5 Å². The van der Waals surface area contributed by atoms with Crippen molar-refractivity contribution >= 4 is 23.6 Å². The Balaban J connectivity index is 1.86. The first-order valence-electron chi connectivity index (χ1n) is 10.6. The third-order valence-corrected chi connectivity index (χ3v) is 6.48. The van der Waals surface area contributed by atoms with E-state index in [1.807, 2.05) is 16.7 Å². The van der Waals surface area contributed by atoms with Gasteiger partial charge in [-0.3, -0.25) is 9.59 Å². The number of hydrogen-bond acceptors (Lipinski definition) is 5. The van der Waals surface area contributed by atoms with Crippen LogP contribution in [-0.4, -0.2) is 57.6 Å². The Morgan fingerprint density at radius 2 is 1.83 bits per heavy atom. The summed E-state index contributed by atoms with van der Waals surface area (Å²) in [5.74, 6) is 1.63. The SMILES string of the molecule is C=C/C(O)=C(O)\C=C/CCCC(=O)NC(C(=O)N1CCSCC1)C1CCCCC1. The highest BCUT2D eigenvalue weighted by atomic mass is 32.2. The second-order valence-electron chi connectivity index (χ2n) is 7.65. The molecule has 0 spiro atoms. The van der Waals surface area contributed by atoms with Gasteiger partial charge >= 0.3 is 0 Å². The number of nitrogens with zero attached hydrogens (tertiary/aromatic N) is 1. The third-order valence-electron chi connectivity index (χ3n) is 5.53. The van der Waals surface area contributed by atoms with Gasteiger partial charge < -0.3 is 20.4 Å². The zero-order chi connectivity index (χ0) is 21.1. The third kappa shape index (κ3) is 7.80. The molecule has 1 saturated heterocycles. The molecule has 0 aromatic carbocycles. The van der Waals surface area contributed by atoms with Crippen molar-refractivity contribution in [1.82, 2.24) is 10.2 Å². The fourth-order valence-corrected chi connectivity index (χ4v) is 4.74. The minimum atomic E-state index is -0.405. The highest BCUT2D eigenvalue weighted by Gasteiger charge is 2.34. The number of allylic oxidation sites excluding steroid dienone is 3. The molecule has 1 unspecified atom stereocenters. The molecule has 2 fully saturated rings. The number of amides is 2. The van der Waals surface area contributed by atoms with E-state index in [4.69, 9.17) is 0 Å². The molecule has 29 heavy (non-hydrogen) atoms. The molecule has 162 valence electrons. The molecule has 1 aliphatic heterocycles. The summed E-state index contributed by atoms with van der Waals surface area (Å²) in [6.07, 6.45) is 11.3. The van der Waals surface area contributed by atoms with Gasteiger partial charge in [-0.15, -0.1) is 0 Å². The predicted octanol–water partition coefficient (Wildman–Crippen LogP) is 3.87. The van der Waals surface area contributed by atoms with Crippen LogP contribution in [-0.2, 0) is 9.59 Å². The number of hydrogen-bond donors (Lipinski definition) is 3. The molecule has 0 aromatic heterocycles. The van der Waals surface area contributed by atoms with Crippen molar-refractivity contribution in [1.29, 1.82) is 0 Å². The van der Waals surface area contributed by atoms with Crippen molar-refractivity contribution in [3.05, 3.63) is 36.3 Å². The molecule has 1 atom stereocenters. The molecule has 0 bridgehead atoms. The van der Waals surface area contributed by atoms with E-state index in [1.54, 1.807) is 6.08 Å². The van der Waals surface area contributed by atoms with Crippen LogP contribution in [0.25, 0.3) is 0 Å². The van der Waals surface area contributed by atoms with Crippen LogP contribution in [0.15, 0.2) is 36.3 Å². The Morgan fingerprint density at radius 1 is 1.14 bits per heavy atom. The highest BCUT2D eigenvalue weighted by Crippen LogP contribution is 2.28. The smallest absolute Gasteiger partial charge is 0.245 e. The molecule has 0 radical (unpaired) electrons. The van der Waals surface area contributed by atoms with Crippen molar-refractivity contribution in [2.45, 2.75) is 57.4 Å². The fourth-order valence-electron chi connectivity index (χ4n) is 3.84. The van der Waals surface area contributed by atoms with E-state index in [0.717, 1.165) is 56.4 Å². The zero-order valence-corrected chi connectivity index (χ0v) is 18.0. The average Bonchev–Trinajstić information content (AvgIpc) is 2.77. The Kier molecular flexibility index (Phi) is 10.2. The van der Waals surface area contributed by atoms with Crippen LogP contribution in [0.1, 0.15) is 51.4 Å². The predicted molar refractivity (Wildman–Crippen MR) is 118 cm³/mol. The van der Waals surface area contributed by atoms with E-state index >= 15 is 0 Å². The van der Waals surface area contributed by atoms with Crippen LogP contribution in [0.3, 0.4) is 0 Å². The second kappa shape index (κ2) is 12.6. The van der Waals surface area contributed by atoms with Crippen molar-refractivity contribution in [2.24, 2.45) is 5.92 Å². The average molecular weight is 423 g/mol. The van der Waals surface area contributed by atoms with Crippen molar-refractivity contribution < 1.29 is 19.8 Å². The molecule has 6 nitrogen and oxygen atoms in total. The molecular formula is C22H34N2O4S. The van der Waals surface area contributed by atoms with E-state index in [0.29, 0.717) is 19.3 Å². The maximum Gasteiger partial charge on any atom is 0.245 e. The van der Waals surface area contributed by atoms with Crippen LogP contribution in [0, 0.1) is 5.92 Å². The lowest BCUT2D eigenvalue weighted by Gasteiger charge is -2.35. The van der Waals surface area contributed by atoms with Gasteiger partial charge in [0.05, 0.1) is 0 Å². The molecule has 2 amide bonds. The highest BCUT2D eigenvalue weighted by molar-refractivity contribution is 7.99. The number of unbranched alkanes of at least 4 members (excludes halogenated alkanes) is 1. The number of carbonyl (C=O) groups is 2. The Labute approximate surface area is 178 Å². The first-order chi connectivity index (χ1) is 14.0. The number of carbonyl (C=O) groups excluding carboxylic acids is 2. The normalized spacial score (nSPS) is 20.2. The van der Waals surface area contributed by atoms with Crippen molar-refractivity contribution in [3.63, 3.8) is 0 Å². The number of aliphatic hydroxyl groups is 2. The quantitative estimate of drug-likeness (QED) is 0.298. The molecular weight excluding hydrogens is 388 g/mol. The molecule has 3 N–H and O–H groups in total. The fraction of sp³-hybridized carbons (Fsp3) is 0.636. The van der Waals surface area contributed by atoms with E-state index in [-0.39, 0.29) is 29.3 Å². The summed E-state index contributed by atoms with van der Waals surface area (Å²) in [5.41, 5.74) is 0. The van der Waals surface area contributed by atoms with E-state index in [2.05, 4.69) is 11.9 Å². The number of aliphatic hydroxyl groups excluding tert-OH is 2. The van der Waals surface area contributed by atoms with Gasteiger partial charge in [0.15, 0.2) is 11.5 Å². The van der Waals surface area contributed by atoms with Crippen molar-refractivity contribution in [3.8, 4) is 0 Å². The lowest BCUT2D eigenvalue weighted by Crippen LogP contribution is -2.54. The van der Waals surface area contributed by atoms with E-state index in [9.17, 15) is 19.8 Å². The van der Waals surface area contributed by atoms with Gasteiger partial charge in [-0.05, 0) is 43.8 Å². The maximum atomic E-state index is 13.1. The van der Waals surface area contributed by atoms with Crippen molar-refractivity contribution in [2.75, 3.05) is 24.6 Å². The summed E-state index contributed by atoms with van der Waals surface area (Å²) in [5, 5.41) is 21.9. The summed E-state index contributed by atoms with van der Waals surface area (Å²) in [7, 11) is 0. The Bertz CT molecular complexity index is 620. The van der Waals surface area contributed by atoms with Gasteiger partial charge in [0.2, 0.25) is 11.8 Å². The summed E-state index contributed by atoms with van der Waals surface area (Å²) < 4.78 is 0. The van der Waals surface area contributed by atoms with Gasteiger partial charge in [0, 0.05) is 31.0 Å². The number of nitrogens with one attached hydrogen (secondary N) is 1. The first-order valence-corrected chi connectivity index (χ1v) is 11.8. The molecule has 2 rings (SSSR count). The van der Waals surface area contributed by atoms with Gasteiger partial charge in [0.25, 0.3) is 0 Å². The van der Waals surface area contributed by atoms with Crippen LogP contribution in [0.5, 0.6) is 0 Å². The van der Waals surface area contributed by atoms with Crippen LogP contribution in [0.4, 0.5) is 0 Å². The van der Waals surface area contributed by atoms with Gasteiger partial charge in [-0.2, -0.15) is 11.8 Å². The molecule has 1 aliphatic carbocycles. The van der Waals surface area contributed by atoms with E-state index < -0.39 is 6.04 Å². The molecule has 7 heteroatoms. The Morgan fingerprint density at radius 3 is 2.48 bits per heavy atom. The Hall–Kier alpha value is -1.89. The minimum absolute atomic E-state index is 0.0837. The van der Waals surface area contributed by atoms with Crippen LogP contribution < -0.4 is 5.32 Å². The summed E-state index contributed by atoms with van der Waals surface area (Å²) in [4.78, 5) is 27.5. The molecule has 1 heterocycles. The zero-order valence-electron chi connectivity index (χ0n) is 17.1. The lowest BCUT2D eigenvalue weighted by atomic mass is 9.83. The molecule has 2 aliphatic rings. The minimum Gasteiger partial charge on any atom is -0.504 e. The number of thioether (sulfide) groups is 1. The monoisotopic (exact) mass is 422 g/mol. The second-order valence-corrected chi connectivity index (χ2v) is 8.87. The molecule has 0 aromatic rings. The van der Waals surface area contributed by atoms with Gasteiger partial charge in [-0.1, -0.05) is 31.9 Å². The van der Waals surface area contributed by atoms with Gasteiger partial charge in [-0.25, -0.2) is 0 Å². The van der Waals surface area contributed by atoms with Crippen LogP contribution >= 0.6 is 11.8 Å². The lowest BCUT2D eigenvalue weighted by molar-refractivity contribution is -0.138. The number of rotatable bonds is 9. The van der Waals surface area contributed by atoms with Gasteiger partial charge in [0.1, 0.15) is 6.04 Å².